The van der Waals surface area contributed by atoms with Crippen LogP contribution in [-0.2, 0) is 16.0 Å². The standard InChI is InChI=1S/C32H37N3O7/c1-4-5-13-35(23-10-8-12-33-17-23)29(36)19-34-18-24(22-15-27(40-3)31-28(16-22)41-20-42-31)30(32(37)38)25(34)14-21-9-6-7-11-26(21)39-2/h6-12,15-17,24-25,30H,4-5,13-14,18-20H2,1-3H3,(H,37,38)/t24-,25+,30?/m1/s1. The van der Waals surface area contributed by atoms with Crippen molar-refractivity contribution in [2.75, 3.05) is 45.5 Å². The van der Waals surface area contributed by atoms with Gasteiger partial charge in [-0.05, 0) is 54.3 Å². The lowest BCUT2D eigenvalue weighted by Crippen LogP contribution is -2.45. The van der Waals surface area contributed by atoms with Crippen molar-refractivity contribution >= 4 is 17.6 Å². The van der Waals surface area contributed by atoms with Crippen molar-refractivity contribution in [1.82, 2.24) is 9.88 Å². The zero-order chi connectivity index (χ0) is 29.6. The maximum Gasteiger partial charge on any atom is 0.308 e. The van der Waals surface area contributed by atoms with Crippen LogP contribution in [0.5, 0.6) is 23.0 Å². The number of carbonyl (C=O) groups excluding carboxylic acids is 1. The number of nitrogens with zero attached hydrogens (tertiary/aromatic N) is 3. The van der Waals surface area contributed by atoms with E-state index in [-0.39, 0.29) is 19.2 Å². The lowest BCUT2D eigenvalue weighted by molar-refractivity contribution is -0.143. The molecule has 0 saturated carbocycles. The minimum atomic E-state index is -0.929. The molecule has 2 aromatic carbocycles. The summed E-state index contributed by atoms with van der Waals surface area (Å²) in [6, 6.07) is 14.5. The van der Waals surface area contributed by atoms with Crippen LogP contribution in [0.25, 0.3) is 0 Å². The number of methoxy groups -OCH3 is 2. The zero-order valence-electron chi connectivity index (χ0n) is 24.2. The summed E-state index contributed by atoms with van der Waals surface area (Å²) in [5.74, 6) is -0.0750. The van der Waals surface area contributed by atoms with Gasteiger partial charge in [-0.2, -0.15) is 0 Å². The summed E-state index contributed by atoms with van der Waals surface area (Å²) in [7, 11) is 3.15. The minimum Gasteiger partial charge on any atom is -0.496 e. The van der Waals surface area contributed by atoms with Crippen LogP contribution in [0.4, 0.5) is 5.69 Å². The van der Waals surface area contributed by atoms with Gasteiger partial charge in [0, 0.05) is 31.2 Å². The zero-order valence-corrected chi connectivity index (χ0v) is 24.2. The Labute approximate surface area is 245 Å². The molecule has 1 fully saturated rings. The van der Waals surface area contributed by atoms with Crippen LogP contribution in [-0.4, -0.2) is 73.6 Å². The molecule has 3 atom stereocenters. The molecule has 2 aliphatic heterocycles. The molecule has 1 amide bonds. The Morgan fingerprint density at radius 2 is 1.90 bits per heavy atom. The summed E-state index contributed by atoms with van der Waals surface area (Å²) in [4.78, 5) is 34.9. The number of carbonyl (C=O) groups is 2. The van der Waals surface area contributed by atoms with Crippen LogP contribution in [0.15, 0.2) is 60.9 Å². The highest BCUT2D eigenvalue weighted by Crippen LogP contribution is 2.47. The molecule has 10 nitrogen and oxygen atoms in total. The third-order valence-corrected chi connectivity index (χ3v) is 8.10. The first-order valence-electron chi connectivity index (χ1n) is 14.2. The van der Waals surface area contributed by atoms with Crippen LogP contribution in [0.2, 0.25) is 0 Å². The average Bonchev–Trinajstić information content (AvgIpc) is 3.62. The number of likely N-dealkylation sites (tertiary alicyclic amines) is 1. The van der Waals surface area contributed by atoms with Crippen molar-refractivity contribution in [3.8, 4) is 23.0 Å². The van der Waals surface area contributed by atoms with Crippen molar-refractivity contribution in [2.24, 2.45) is 5.92 Å². The smallest absolute Gasteiger partial charge is 0.308 e. The second-order valence-electron chi connectivity index (χ2n) is 10.6. The van der Waals surface area contributed by atoms with Crippen molar-refractivity contribution in [1.29, 1.82) is 0 Å². The van der Waals surface area contributed by atoms with Gasteiger partial charge in [0.15, 0.2) is 11.5 Å². The number of amides is 1. The van der Waals surface area contributed by atoms with Crippen LogP contribution in [0.1, 0.15) is 36.8 Å². The molecule has 3 aromatic rings. The third-order valence-electron chi connectivity index (χ3n) is 8.10. The van der Waals surface area contributed by atoms with E-state index in [0.717, 1.165) is 29.7 Å². The SMILES string of the molecule is CCCCN(C(=O)CN1C[C@H](c2cc(OC)c3c(c2)OCO3)C(C(=O)O)[C@@H]1Cc1ccccc1OC)c1cccnc1. The fourth-order valence-corrected chi connectivity index (χ4v) is 6.03. The monoisotopic (exact) mass is 575 g/mol. The molecule has 0 aliphatic carbocycles. The summed E-state index contributed by atoms with van der Waals surface area (Å²) in [5, 5.41) is 10.6. The van der Waals surface area contributed by atoms with E-state index >= 15 is 0 Å². The number of carboxylic acid groups (broad SMARTS) is 1. The summed E-state index contributed by atoms with van der Waals surface area (Å²) in [6.45, 7) is 3.12. The van der Waals surface area contributed by atoms with E-state index in [9.17, 15) is 14.7 Å². The third kappa shape index (κ3) is 5.99. The number of anilines is 1. The Kier molecular flexibility index (Phi) is 9.12. The van der Waals surface area contributed by atoms with Gasteiger partial charge in [0.05, 0.1) is 38.6 Å². The van der Waals surface area contributed by atoms with Crippen LogP contribution >= 0.6 is 0 Å². The van der Waals surface area contributed by atoms with E-state index in [2.05, 4.69) is 11.9 Å². The summed E-state index contributed by atoms with van der Waals surface area (Å²) >= 11 is 0. The van der Waals surface area contributed by atoms with E-state index < -0.39 is 23.8 Å². The molecule has 0 spiro atoms. The number of fused-ring (bicyclic) bond motifs is 1. The normalized spacial score (nSPS) is 19.5. The fourth-order valence-electron chi connectivity index (χ4n) is 6.03. The van der Waals surface area contributed by atoms with Gasteiger partial charge in [0.25, 0.3) is 0 Å². The number of hydrogen-bond donors (Lipinski definition) is 1. The van der Waals surface area contributed by atoms with Gasteiger partial charge in [-0.15, -0.1) is 0 Å². The average molecular weight is 576 g/mol. The molecule has 5 rings (SSSR count). The van der Waals surface area contributed by atoms with E-state index in [1.807, 2.05) is 53.4 Å². The molecular weight excluding hydrogens is 538 g/mol. The number of unbranched alkanes of at least 4 members (excludes halogenated alkanes) is 1. The molecule has 1 saturated heterocycles. The Morgan fingerprint density at radius 3 is 2.62 bits per heavy atom. The fraction of sp³-hybridized carbons (Fsp3) is 0.406. The van der Waals surface area contributed by atoms with Gasteiger partial charge in [0.1, 0.15) is 5.75 Å². The van der Waals surface area contributed by atoms with Gasteiger partial charge >= 0.3 is 5.97 Å². The molecule has 0 radical (unpaired) electrons. The predicted molar refractivity (Wildman–Crippen MR) is 157 cm³/mol. The number of ether oxygens (including phenoxy) is 4. The number of carboxylic acids is 1. The second-order valence-corrected chi connectivity index (χ2v) is 10.6. The molecule has 0 bridgehead atoms. The number of rotatable bonds is 12. The number of para-hydroxylation sites is 1. The number of hydrogen-bond acceptors (Lipinski definition) is 8. The van der Waals surface area contributed by atoms with Crippen molar-refractivity contribution < 1.29 is 33.6 Å². The second kappa shape index (κ2) is 13.1. The van der Waals surface area contributed by atoms with Gasteiger partial charge in [-0.25, -0.2) is 0 Å². The lowest BCUT2D eigenvalue weighted by Gasteiger charge is -2.30. The molecule has 1 N–H and O–H groups in total. The highest BCUT2D eigenvalue weighted by atomic mass is 16.7. The Morgan fingerprint density at radius 1 is 1.10 bits per heavy atom. The number of aliphatic carboxylic acids is 1. The predicted octanol–water partition coefficient (Wildman–Crippen LogP) is 4.37. The Balaban J connectivity index is 1.52. The first kappa shape index (κ1) is 29.2. The molecular formula is C32H37N3O7. The highest BCUT2D eigenvalue weighted by Gasteiger charge is 2.48. The number of pyridine rings is 1. The molecule has 42 heavy (non-hydrogen) atoms. The van der Waals surface area contributed by atoms with Crippen molar-refractivity contribution in [3.63, 3.8) is 0 Å². The molecule has 1 aromatic heterocycles. The summed E-state index contributed by atoms with van der Waals surface area (Å²) in [6.07, 6.45) is 5.53. The molecule has 222 valence electrons. The van der Waals surface area contributed by atoms with E-state index in [0.29, 0.717) is 42.5 Å². The largest absolute Gasteiger partial charge is 0.496 e. The van der Waals surface area contributed by atoms with Crippen LogP contribution in [0.3, 0.4) is 0 Å². The molecule has 1 unspecified atom stereocenters. The molecule has 3 heterocycles. The van der Waals surface area contributed by atoms with Gasteiger partial charge in [-0.1, -0.05) is 31.5 Å². The van der Waals surface area contributed by atoms with E-state index in [1.54, 1.807) is 31.5 Å². The van der Waals surface area contributed by atoms with Crippen molar-refractivity contribution in [3.05, 3.63) is 72.1 Å². The quantitative estimate of drug-likeness (QED) is 0.337. The van der Waals surface area contributed by atoms with E-state index in [4.69, 9.17) is 18.9 Å². The molecule has 2 aliphatic rings. The lowest BCUT2D eigenvalue weighted by atomic mass is 9.83. The number of aromatic nitrogens is 1. The van der Waals surface area contributed by atoms with Crippen molar-refractivity contribution in [2.45, 2.75) is 38.1 Å². The van der Waals surface area contributed by atoms with E-state index in [1.165, 1.54) is 0 Å². The first-order valence-corrected chi connectivity index (χ1v) is 14.2. The van der Waals surface area contributed by atoms with Crippen LogP contribution < -0.4 is 23.8 Å². The first-order chi connectivity index (χ1) is 20.4. The van der Waals surface area contributed by atoms with Gasteiger partial charge < -0.3 is 29.0 Å². The number of benzene rings is 2. The Hall–Kier alpha value is -4.31. The summed E-state index contributed by atoms with van der Waals surface area (Å²) in [5.41, 5.74) is 2.37. The van der Waals surface area contributed by atoms with Gasteiger partial charge in [-0.3, -0.25) is 19.5 Å². The maximum atomic E-state index is 13.9. The Bertz CT molecular complexity index is 1400. The highest BCUT2D eigenvalue weighted by molar-refractivity contribution is 5.94. The van der Waals surface area contributed by atoms with Gasteiger partial charge in [0.2, 0.25) is 18.4 Å². The summed E-state index contributed by atoms with van der Waals surface area (Å²) < 4.78 is 22.4. The molecule has 10 heteroatoms. The minimum absolute atomic E-state index is 0.0559. The maximum absolute atomic E-state index is 13.9. The van der Waals surface area contributed by atoms with Crippen LogP contribution in [0, 0.1) is 5.92 Å². The topological polar surface area (TPSA) is 111 Å².